The summed E-state index contributed by atoms with van der Waals surface area (Å²) in [6, 6.07) is 10.3. The van der Waals surface area contributed by atoms with Gasteiger partial charge in [0.05, 0.1) is 6.61 Å². The van der Waals surface area contributed by atoms with Gasteiger partial charge in [0.1, 0.15) is 0 Å². The van der Waals surface area contributed by atoms with Crippen molar-refractivity contribution in [1.29, 1.82) is 0 Å². The average molecular weight is 327 g/mol. The summed E-state index contributed by atoms with van der Waals surface area (Å²) in [5.41, 5.74) is 3.50. The van der Waals surface area contributed by atoms with E-state index in [4.69, 9.17) is 4.74 Å². The summed E-state index contributed by atoms with van der Waals surface area (Å²) in [7, 11) is 2.30. The van der Waals surface area contributed by atoms with Gasteiger partial charge in [-0.25, -0.2) is 0 Å². The Morgan fingerprint density at radius 2 is 2.08 bits per heavy atom. The molecular formula is C21H29NO2. The molecular weight excluding hydrogens is 298 g/mol. The molecule has 5 rings (SSSR count). The number of esters is 1. The Morgan fingerprint density at radius 3 is 2.83 bits per heavy atom. The summed E-state index contributed by atoms with van der Waals surface area (Å²) < 4.78 is 5.52. The van der Waals surface area contributed by atoms with E-state index in [1.807, 2.05) is 6.92 Å². The highest BCUT2D eigenvalue weighted by Crippen LogP contribution is 2.59. The Morgan fingerprint density at radius 1 is 1.29 bits per heavy atom. The lowest BCUT2D eigenvalue weighted by Gasteiger charge is -2.65. The molecule has 24 heavy (non-hydrogen) atoms. The molecule has 1 saturated carbocycles. The Hall–Kier alpha value is -1.35. The number of carbonyl (C=O) groups is 1. The molecule has 130 valence electrons. The van der Waals surface area contributed by atoms with E-state index in [2.05, 4.69) is 43.1 Å². The third-order valence-corrected chi connectivity index (χ3v) is 7.26. The molecule has 2 aliphatic heterocycles. The SMILES string of the molecule is CCC(=O)OC[C@H]1CC2C3Cc4ccccc4[C@]2(CC)CC1N3C. The van der Waals surface area contributed by atoms with Gasteiger partial charge in [0.15, 0.2) is 0 Å². The summed E-state index contributed by atoms with van der Waals surface area (Å²) in [5, 5.41) is 0. The lowest BCUT2D eigenvalue weighted by Crippen LogP contribution is -2.68. The minimum absolute atomic E-state index is 0.0603. The van der Waals surface area contributed by atoms with Crippen molar-refractivity contribution in [1.82, 2.24) is 4.90 Å². The lowest BCUT2D eigenvalue weighted by molar-refractivity contribution is -0.152. The van der Waals surface area contributed by atoms with Crippen molar-refractivity contribution in [2.24, 2.45) is 11.8 Å². The first-order chi connectivity index (χ1) is 11.6. The molecule has 0 radical (unpaired) electrons. The quantitative estimate of drug-likeness (QED) is 0.792. The van der Waals surface area contributed by atoms with E-state index >= 15 is 0 Å². The van der Waals surface area contributed by atoms with E-state index in [-0.39, 0.29) is 5.97 Å². The van der Waals surface area contributed by atoms with Crippen LogP contribution in [-0.2, 0) is 21.4 Å². The van der Waals surface area contributed by atoms with Gasteiger partial charge in [0.25, 0.3) is 0 Å². The molecule has 2 aliphatic carbocycles. The summed E-state index contributed by atoms with van der Waals surface area (Å²) >= 11 is 0. The standard InChI is InChI=1S/C21H29NO2/c1-4-20(23)24-13-15-10-17-18-11-14-8-6-7-9-16(14)21(17,5-2)12-19(15)22(18)3/h6-9,15,17-19H,4-5,10-13H2,1-3H3/t15-,17?,18?,19?,21+/m1/s1. The van der Waals surface area contributed by atoms with Gasteiger partial charge in [-0.3, -0.25) is 9.69 Å². The monoisotopic (exact) mass is 327 g/mol. The molecule has 0 N–H and O–H groups in total. The molecule has 3 heteroatoms. The maximum absolute atomic E-state index is 11.6. The van der Waals surface area contributed by atoms with Crippen LogP contribution >= 0.6 is 0 Å². The van der Waals surface area contributed by atoms with Gasteiger partial charge in [0.2, 0.25) is 0 Å². The minimum atomic E-state index is -0.0603. The van der Waals surface area contributed by atoms with E-state index in [0.717, 1.165) is 0 Å². The zero-order chi connectivity index (χ0) is 16.9. The van der Waals surface area contributed by atoms with Crippen LogP contribution < -0.4 is 0 Å². The predicted octanol–water partition coefficient (Wildman–Crippen LogP) is 3.55. The van der Waals surface area contributed by atoms with Crippen molar-refractivity contribution in [2.45, 2.75) is 63.5 Å². The Kier molecular flexibility index (Phi) is 3.95. The molecule has 1 aromatic rings. The molecule has 0 amide bonds. The van der Waals surface area contributed by atoms with Crippen molar-refractivity contribution in [3.63, 3.8) is 0 Å². The minimum Gasteiger partial charge on any atom is -0.465 e. The lowest BCUT2D eigenvalue weighted by atomic mass is 9.48. The second-order valence-corrected chi connectivity index (χ2v) is 8.01. The number of nitrogens with zero attached hydrogens (tertiary/aromatic N) is 1. The van der Waals surface area contributed by atoms with Crippen molar-refractivity contribution < 1.29 is 9.53 Å². The largest absolute Gasteiger partial charge is 0.465 e. The fraction of sp³-hybridized carbons (Fsp3) is 0.667. The molecule has 3 fully saturated rings. The Bertz CT molecular complexity index is 642. The first kappa shape index (κ1) is 16.1. The Balaban J connectivity index is 1.65. The van der Waals surface area contributed by atoms with Crippen molar-refractivity contribution in [2.75, 3.05) is 13.7 Å². The number of piperidine rings is 2. The van der Waals surface area contributed by atoms with E-state index < -0.39 is 0 Å². The van der Waals surface area contributed by atoms with Gasteiger partial charge in [0, 0.05) is 29.8 Å². The number of fused-ring (bicyclic) bond motifs is 2. The summed E-state index contributed by atoms with van der Waals surface area (Å²) in [4.78, 5) is 14.2. The zero-order valence-electron chi connectivity index (χ0n) is 15.1. The van der Waals surface area contributed by atoms with Crippen molar-refractivity contribution in [3.8, 4) is 0 Å². The van der Waals surface area contributed by atoms with Crippen LogP contribution in [0.1, 0.15) is 50.7 Å². The second kappa shape index (κ2) is 5.87. The predicted molar refractivity (Wildman–Crippen MR) is 94.9 cm³/mol. The maximum Gasteiger partial charge on any atom is 0.305 e. The smallest absolute Gasteiger partial charge is 0.305 e. The highest BCUT2D eigenvalue weighted by Gasteiger charge is 2.59. The van der Waals surface area contributed by atoms with Crippen LogP contribution in [0.3, 0.4) is 0 Å². The number of carbonyl (C=O) groups excluding carboxylic acids is 1. The van der Waals surface area contributed by atoms with Gasteiger partial charge in [-0.05, 0) is 49.8 Å². The van der Waals surface area contributed by atoms with Crippen molar-refractivity contribution >= 4 is 5.97 Å². The number of hydrogen-bond donors (Lipinski definition) is 0. The van der Waals surface area contributed by atoms with E-state index in [0.29, 0.717) is 42.4 Å². The van der Waals surface area contributed by atoms with Crippen LogP contribution in [0, 0.1) is 11.8 Å². The number of hydrogen-bond acceptors (Lipinski definition) is 3. The molecule has 0 spiro atoms. The van der Waals surface area contributed by atoms with Crippen LogP contribution in [0.4, 0.5) is 0 Å². The molecule has 3 nitrogen and oxygen atoms in total. The summed E-state index contributed by atoms with van der Waals surface area (Å²) in [5.74, 6) is 1.13. The summed E-state index contributed by atoms with van der Waals surface area (Å²) in [6.45, 7) is 4.84. The van der Waals surface area contributed by atoms with Crippen LogP contribution in [0.15, 0.2) is 24.3 Å². The maximum atomic E-state index is 11.6. The normalized spacial score (nSPS) is 37.1. The highest BCUT2D eigenvalue weighted by molar-refractivity contribution is 5.68. The molecule has 5 atom stereocenters. The van der Waals surface area contributed by atoms with Gasteiger partial charge in [-0.15, -0.1) is 0 Å². The van der Waals surface area contributed by atoms with Crippen molar-refractivity contribution in [3.05, 3.63) is 35.4 Å². The fourth-order valence-corrected chi connectivity index (χ4v) is 6.02. The first-order valence-corrected chi connectivity index (χ1v) is 9.56. The topological polar surface area (TPSA) is 29.5 Å². The van der Waals surface area contributed by atoms with Crippen LogP contribution in [0.25, 0.3) is 0 Å². The third kappa shape index (κ3) is 2.17. The van der Waals surface area contributed by atoms with Crippen LogP contribution in [0.2, 0.25) is 0 Å². The number of ether oxygens (including phenoxy) is 1. The highest BCUT2D eigenvalue weighted by atomic mass is 16.5. The fourth-order valence-electron chi connectivity index (χ4n) is 6.02. The number of rotatable bonds is 4. The van der Waals surface area contributed by atoms with E-state index in [1.54, 1.807) is 11.1 Å². The third-order valence-electron chi connectivity index (χ3n) is 7.26. The molecule has 2 saturated heterocycles. The number of likely N-dealkylation sites (N-methyl/N-ethyl adjacent to an activating group) is 1. The summed E-state index contributed by atoms with van der Waals surface area (Å²) in [6.07, 6.45) is 5.30. The van der Waals surface area contributed by atoms with Crippen LogP contribution in [0.5, 0.6) is 0 Å². The van der Waals surface area contributed by atoms with Gasteiger partial charge in [-0.1, -0.05) is 38.1 Å². The van der Waals surface area contributed by atoms with Crippen LogP contribution in [-0.4, -0.2) is 36.6 Å². The number of benzene rings is 1. The molecule has 4 aliphatic rings. The van der Waals surface area contributed by atoms with Gasteiger partial charge in [-0.2, -0.15) is 0 Å². The Labute approximate surface area is 145 Å². The molecule has 0 aromatic heterocycles. The zero-order valence-corrected chi connectivity index (χ0v) is 15.1. The molecule has 4 bridgehead atoms. The molecule has 2 heterocycles. The molecule has 3 unspecified atom stereocenters. The molecule has 1 aromatic carbocycles. The first-order valence-electron chi connectivity index (χ1n) is 9.56. The van der Waals surface area contributed by atoms with E-state index in [9.17, 15) is 4.79 Å². The van der Waals surface area contributed by atoms with E-state index in [1.165, 1.54) is 25.7 Å². The van der Waals surface area contributed by atoms with Gasteiger partial charge >= 0.3 is 5.97 Å². The second-order valence-electron chi connectivity index (χ2n) is 8.01. The average Bonchev–Trinajstić information content (AvgIpc) is 2.62. The van der Waals surface area contributed by atoms with Gasteiger partial charge < -0.3 is 4.74 Å².